The van der Waals surface area contributed by atoms with Gasteiger partial charge < -0.3 is 20.3 Å². The number of carbonyl (C=O) groups excluding carboxylic acids is 2. The molecule has 0 aromatic heterocycles. The summed E-state index contributed by atoms with van der Waals surface area (Å²) in [6, 6.07) is -0.546. The van der Waals surface area contributed by atoms with Crippen molar-refractivity contribution in [2.45, 2.75) is 328 Å². The zero-order valence-electron chi connectivity index (χ0n) is 43.7. The Labute approximate surface area is 405 Å². The van der Waals surface area contributed by atoms with Crippen LogP contribution in [0.2, 0.25) is 0 Å². The number of unbranched alkanes of at least 4 members (excludes halogenated alkanes) is 39. The molecule has 0 bridgehead atoms. The highest BCUT2D eigenvalue weighted by atomic mass is 16.5. The van der Waals surface area contributed by atoms with Crippen LogP contribution >= 0.6 is 0 Å². The molecular formula is C59H113NO5. The van der Waals surface area contributed by atoms with Crippen LogP contribution in [0, 0.1) is 0 Å². The van der Waals surface area contributed by atoms with Crippen molar-refractivity contribution in [3.63, 3.8) is 0 Å². The van der Waals surface area contributed by atoms with E-state index in [0.717, 1.165) is 44.9 Å². The molecule has 0 spiro atoms. The summed E-state index contributed by atoms with van der Waals surface area (Å²) in [5.74, 6) is -0.0429. The predicted molar refractivity (Wildman–Crippen MR) is 283 cm³/mol. The van der Waals surface area contributed by atoms with Crippen molar-refractivity contribution in [2.75, 3.05) is 13.2 Å². The zero-order chi connectivity index (χ0) is 47.2. The Kier molecular flexibility index (Phi) is 53.5. The number of amides is 1. The van der Waals surface area contributed by atoms with Crippen LogP contribution in [0.1, 0.15) is 316 Å². The molecule has 3 N–H and O–H groups in total. The maximum Gasteiger partial charge on any atom is 0.305 e. The number of allylic oxidation sites excluding steroid dienone is 4. The van der Waals surface area contributed by atoms with E-state index in [2.05, 4.69) is 43.5 Å². The van der Waals surface area contributed by atoms with E-state index in [-0.39, 0.29) is 18.5 Å². The quantitative estimate of drug-likeness (QED) is 0.0321. The van der Waals surface area contributed by atoms with Gasteiger partial charge in [-0.2, -0.15) is 0 Å². The highest BCUT2D eigenvalue weighted by Gasteiger charge is 2.20. The van der Waals surface area contributed by atoms with Crippen molar-refractivity contribution in [2.24, 2.45) is 0 Å². The van der Waals surface area contributed by atoms with Crippen molar-refractivity contribution in [1.82, 2.24) is 5.32 Å². The largest absolute Gasteiger partial charge is 0.466 e. The number of rotatable bonds is 54. The highest BCUT2D eigenvalue weighted by molar-refractivity contribution is 5.76. The second kappa shape index (κ2) is 54.9. The Morgan fingerprint density at radius 1 is 0.415 bits per heavy atom. The number of hydrogen-bond donors (Lipinski definition) is 3. The van der Waals surface area contributed by atoms with Gasteiger partial charge in [-0.1, -0.05) is 250 Å². The Balaban J connectivity index is 3.42. The molecule has 0 fully saturated rings. The number of aliphatic hydroxyl groups excluding tert-OH is 2. The summed E-state index contributed by atoms with van der Waals surface area (Å²) in [6.45, 7) is 4.94. The van der Waals surface area contributed by atoms with Gasteiger partial charge >= 0.3 is 5.97 Å². The first-order valence-corrected chi connectivity index (χ1v) is 29.1. The van der Waals surface area contributed by atoms with Crippen molar-refractivity contribution >= 4 is 11.9 Å². The normalized spacial score (nSPS) is 12.7. The van der Waals surface area contributed by atoms with Crippen LogP contribution in [0.3, 0.4) is 0 Å². The topological polar surface area (TPSA) is 95.9 Å². The molecule has 0 heterocycles. The van der Waals surface area contributed by atoms with E-state index < -0.39 is 12.1 Å². The van der Waals surface area contributed by atoms with Gasteiger partial charge in [0.25, 0.3) is 0 Å². The fraction of sp³-hybridized carbons (Fsp3) is 0.898. The minimum Gasteiger partial charge on any atom is -0.466 e. The van der Waals surface area contributed by atoms with Gasteiger partial charge in [0.05, 0.1) is 25.4 Å². The average molecular weight is 917 g/mol. The lowest BCUT2D eigenvalue weighted by molar-refractivity contribution is -0.143. The van der Waals surface area contributed by atoms with Crippen molar-refractivity contribution < 1.29 is 24.5 Å². The maximum absolute atomic E-state index is 12.5. The van der Waals surface area contributed by atoms with Crippen molar-refractivity contribution in [3.05, 3.63) is 24.3 Å². The third-order valence-corrected chi connectivity index (χ3v) is 13.5. The molecule has 6 nitrogen and oxygen atoms in total. The number of hydrogen-bond acceptors (Lipinski definition) is 5. The zero-order valence-corrected chi connectivity index (χ0v) is 43.7. The molecule has 0 radical (unpaired) electrons. The van der Waals surface area contributed by atoms with Gasteiger partial charge in [-0.05, 0) is 77.0 Å². The monoisotopic (exact) mass is 916 g/mol. The molecular weight excluding hydrogens is 803 g/mol. The molecule has 0 aromatic rings. The summed E-state index contributed by atoms with van der Waals surface area (Å²) in [6.07, 6.45) is 66.0. The molecule has 65 heavy (non-hydrogen) atoms. The van der Waals surface area contributed by atoms with Gasteiger partial charge in [0.2, 0.25) is 5.91 Å². The second-order valence-corrected chi connectivity index (χ2v) is 20.0. The fourth-order valence-corrected chi connectivity index (χ4v) is 8.98. The molecule has 0 rings (SSSR count). The van der Waals surface area contributed by atoms with Gasteiger partial charge in [0, 0.05) is 12.8 Å². The van der Waals surface area contributed by atoms with Crippen molar-refractivity contribution in [1.29, 1.82) is 0 Å². The summed E-state index contributed by atoms with van der Waals surface area (Å²) < 4.78 is 5.46. The SMILES string of the molecule is CCCCCC/C=C\CCCCCCCC(=O)OCCCCCCCCCCCC/C=C\CCCCCCCCCC(=O)NC(CO)C(O)CCCCCCCCCCCCCCCC. The summed E-state index contributed by atoms with van der Waals surface area (Å²) >= 11 is 0. The summed E-state index contributed by atoms with van der Waals surface area (Å²) in [5.41, 5.74) is 0. The van der Waals surface area contributed by atoms with Crippen LogP contribution in [0.5, 0.6) is 0 Å². The number of ether oxygens (including phenoxy) is 1. The smallest absolute Gasteiger partial charge is 0.305 e. The molecule has 0 saturated heterocycles. The van der Waals surface area contributed by atoms with Gasteiger partial charge in [-0.15, -0.1) is 0 Å². The number of carbonyl (C=O) groups is 2. The van der Waals surface area contributed by atoms with Gasteiger partial charge in [0.1, 0.15) is 0 Å². The van der Waals surface area contributed by atoms with Gasteiger partial charge in [-0.3, -0.25) is 9.59 Å². The van der Waals surface area contributed by atoms with Crippen LogP contribution in [0.4, 0.5) is 0 Å². The highest BCUT2D eigenvalue weighted by Crippen LogP contribution is 2.17. The molecule has 0 aliphatic heterocycles. The lowest BCUT2D eigenvalue weighted by Gasteiger charge is -2.22. The number of esters is 1. The molecule has 0 aliphatic carbocycles. The lowest BCUT2D eigenvalue weighted by Crippen LogP contribution is -2.45. The Morgan fingerprint density at radius 2 is 0.723 bits per heavy atom. The third-order valence-electron chi connectivity index (χ3n) is 13.5. The number of aliphatic hydroxyl groups is 2. The van der Waals surface area contributed by atoms with Crippen molar-refractivity contribution in [3.8, 4) is 0 Å². The van der Waals surface area contributed by atoms with Crippen LogP contribution < -0.4 is 5.32 Å². The van der Waals surface area contributed by atoms with Gasteiger partial charge in [-0.25, -0.2) is 0 Å². The van der Waals surface area contributed by atoms with Crippen LogP contribution in [0.15, 0.2) is 24.3 Å². The summed E-state index contributed by atoms with van der Waals surface area (Å²) in [4.78, 5) is 24.5. The summed E-state index contributed by atoms with van der Waals surface area (Å²) in [7, 11) is 0. The predicted octanol–water partition coefficient (Wildman–Crippen LogP) is 17.9. The molecule has 1 amide bonds. The molecule has 0 aliphatic rings. The van der Waals surface area contributed by atoms with Gasteiger partial charge in [0.15, 0.2) is 0 Å². The van der Waals surface area contributed by atoms with E-state index >= 15 is 0 Å². The maximum atomic E-state index is 12.5. The molecule has 2 unspecified atom stereocenters. The first-order valence-electron chi connectivity index (χ1n) is 29.1. The molecule has 0 saturated carbocycles. The standard InChI is InChI=1S/C59H113NO5/c1-3-5-7-9-11-13-15-17-28-31-35-39-43-47-51-57(62)56(55-61)60-58(63)52-48-44-40-36-32-29-25-23-21-19-18-20-22-24-26-30-34-38-42-46-50-54-65-59(64)53-49-45-41-37-33-27-16-14-12-10-8-6-4-2/h14,16,19,21,56-57,61-62H,3-13,15,17-18,20,22-55H2,1-2H3,(H,60,63)/b16-14-,21-19-. The average Bonchev–Trinajstić information content (AvgIpc) is 3.31. The second-order valence-electron chi connectivity index (χ2n) is 20.0. The van der Waals surface area contributed by atoms with E-state index in [1.165, 1.54) is 238 Å². The lowest BCUT2D eigenvalue weighted by atomic mass is 10.0. The van der Waals surface area contributed by atoms with E-state index in [0.29, 0.717) is 25.9 Å². The third kappa shape index (κ3) is 51.6. The molecule has 384 valence electrons. The van der Waals surface area contributed by atoms with E-state index in [9.17, 15) is 19.8 Å². The summed E-state index contributed by atoms with van der Waals surface area (Å²) in [5, 5.41) is 23.2. The van der Waals surface area contributed by atoms with Crippen LogP contribution in [-0.4, -0.2) is 47.4 Å². The fourth-order valence-electron chi connectivity index (χ4n) is 8.98. The molecule has 2 atom stereocenters. The Bertz CT molecular complexity index is 1010. The van der Waals surface area contributed by atoms with E-state index in [1.807, 2.05) is 0 Å². The molecule has 6 heteroatoms. The van der Waals surface area contributed by atoms with E-state index in [4.69, 9.17) is 4.74 Å². The number of nitrogens with one attached hydrogen (secondary N) is 1. The Morgan fingerprint density at radius 3 is 1.11 bits per heavy atom. The van der Waals surface area contributed by atoms with Crippen LogP contribution in [-0.2, 0) is 14.3 Å². The minimum atomic E-state index is -0.668. The Hall–Kier alpha value is -1.66. The first kappa shape index (κ1) is 63.3. The molecule has 0 aromatic carbocycles. The minimum absolute atomic E-state index is 0.000953. The first-order chi connectivity index (χ1) is 32.0. The van der Waals surface area contributed by atoms with E-state index in [1.54, 1.807) is 0 Å². The van der Waals surface area contributed by atoms with Crippen LogP contribution in [0.25, 0.3) is 0 Å².